The molecule has 0 amide bonds. The van der Waals surface area contributed by atoms with Gasteiger partial charge in [-0.05, 0) is 18.2 Å². The molecule has 0 unspecified atom stereocenters. The van der Waals surface area contributed by atoms with Crippen LogP contribution in [0.3, 0.4) is 0 Å². The second-order valence-electron chi connectivity index (χ2n) is 2.55. The molecule has 0 aliphatic rings. The Morgan fingerprint density at radius 1 is 1.57 bits per heavy atom. The largest absolute Gasteiger partial charge is 0.392 e. The second-order valence-corrected chi connectivity index (χ2v) is 2.98. The molecule has 0 aliphatic heterocycles. The van der Waals surface area contributed by atoms with Crippen LogP contribution in [0.25, 0.3) is 6.08 Å². The number of nitro benzene ring substituents is 1. The average Bonchev–Trinajstić information content (AvgIpc) is 2.14. The first-order valence-electron chi connectivity index (χ1n) is 3.86. The Morgan fingerprint density at radius 2 is 2.29 bits per heavy atom. The lowest BCUT2D eigenvalue weighted by atomic mass is 10.1. The lowest BCUT2D eigenvalue weighted by Crippen LogP contribution is -1.91. The zero-order valence-corrected chi connectivity index (χ0v) is 7.94. The molecule has 1 N–H and O–H groups in total. The predicted octanol–water partition coefficient (Wildman–Crippen LogP) is 2.25. The third kappa shape index (κ3) is 2.55. The summed E-state index contributed by atoms with van der Waals surface area (Å²) in [5, 5.41) is 19.5. The summed E-state index contributed by atoms with van der Waals surface area (Å²) in [6.07, 6.45) is 2.88. The normalized spacial score (nSPS) is 10.7. The van der Waals surface area contributed by atoms with Crippen molar-refractivity contribution >= 4 is 23.4 Å². The predicted molar refractivity (Wildman–Crippen MR) is 54.2 cm³/mol. The zero-order valence-electron chi connectivity index (χ0n) is 7.18. The molecule has 1 aromatic rings. The summed E-state index contributed by atoms with van der Waals surface area (Å²) in [5.74, 6) is 0. The summed E-state index contributed by atoms with van der Waals surface area (Å²) in [7, 11) is 0. The van der Waals surface area contributed by atoms with E-state index in [4.69, 9.17) is 16.7 Å². The quantitative estimate of drug-likeness (QED) is 0.619. The van der Waals surface area contributed by atoms with E-state index < -0.39 is 4.92 Å². The van der Waals surface area contributed by atoms with Crippen molar-refractivity contribution in [2.24, 2.45) is 0 Å². The molecule has 1 aromatic carbocycles. The number of nitrogens with zero attached hydrogens (tertiary/aromatic N) is 1. The van der Waals surface area contributed by atoms with Crippen LogP contribution in [0.2, 0.25) is 5.02 Å². The highest BCUT2D eigenvalue weighted by molar-refractivity contribution is 6.30. The molecule has 5 heteroatoms. The molecule has 0 saturated carbocycles. The summed E-state index contributed by atoms with van der Waals surface area (Å²) < 4.78 is 0. The second kappa shape index (κ2) is 4.74. The van der Waals surface area contributed by atoms with Gasteiger partial charge in [-0.25, -0.2) is 0 Å². The SMILES string of the molecule is O=[N+]([O-])c1ccc(Cl)cc1/C=C/CO. The van der Waals surface area contributed by atoms with Crippen molar-refractivity contribution < 1.29 is 10.0 Å². The van der Waals surface area contributed by atoms with Crippen molar-refractivity contribution in [2.45, 2.75) is 0 Å². The molecule has 0 aliphatic carbocycles. The lowest BCUT2D eigenvalue weighted by Gasteiger charge is -1.97. The maximum absolute atomic E-state index is 10.6. The van der Waals surface area contributed by atoms with Gasteiger partial charge in [-0.2, -0.15) is 0 Å². The van der Waals surface area contributed by atoms with Gasteiger partial charge in [0.15, 0.2) is 0 Å². The zero-order chi connectivity index (χ0) is 10.6. The number of benzene rings is 1. The van der Waals surface area contributed by atoms with E-state index in [-0.39, 0.29) is 12.3 Å². The van der Waals surface area contributed by atoms with Gasteiger partial charge >= 0.3 is 0 Å². The van der Waals surface area contributed by atoms with Crippen LogP contribution < -0.4 is 0 Å². The van der Waals surface area contributed by atoms with Gasteiger partial charge in [-0.15, -0.1) is 0 Å². The van der Waals surface area contributed by atoms with Crippen LogP contribution in [0, 0.1) is 10.1 Å². The smallest absolute Gasteiger partial charge is 0.276 e. The number of aliphatic hydroxyl groups is 1. The average molecular weight is 214 g/mol. The monoisotopic (exact) mass is 213 g/mol. The van der Waals surface area contributed by atoms with Crippen LogP contribution >= 0.6 is 11.6 Å². The van der Waals surface area contributed by atoms with Gasteiger partial charge in [0.2, 0.25) is 0 Å². The Kier molecular flexibility index (Phi) is 3.62. The van der Waals surface area contributed by atoms with E-state index in [1.807, 2.05) is 0 Å². The van der Waals surface area contributed by atoms with Crippen LogP contribution in [-0.2, 0) is 0 Å². The first-order chi connectivity index (χ1) is 6.65. The number of hydrogen-bond donors (Lipinski definition) is 1. The molecule has 4 nitrogen and oxygen atoms in total. The summed E-state index contributed by atoms with van der Waals surface area (Å²) in [6.45, 7) is -0.163. The van der Waals surface area contributed by atoms with E-state index >= 15 is 0 Å². The molecule has 1 rings (SSSR count). The van der Waals surface area contributed by atoms with E-state index in [9.17, 15) is 10.1 Å². The Balaban J connectivity index is 3.15. The van der Waals surface area contributed by atoms with Gasteiger partial charge in [0.1, 0.15) is 0 Å². The van der Waals surface area contributed by atoms with Crippen LogP contribution in [0.1, 0.15) is 5.56 Å². The van der Waals surface area contributed by atoms with Gasteiger partial charge in [-0.3, -0.25) is 10.1 Å². The molecule has 74 valence electrons. The van der Waals surface area contributed by atoms with Crippen LogP contribution in [0.4, 0.5) is 5.69 Å². The van der Waals surface area contributed by atoms with Crippen LogP contribution in [0.5, 0.6) is 0 Å². The molecule has 0 spiro atoms. The first kappa shape index (κ1) is 10.7. The van der Waals surface area contributed by atoms with Gasteiger partial charge < -0.3 is 5.11 Å². The fourth-order valence-electron chi connectivity index (χ4n) is 1.00. The molecule has 0 saturated heterocycles. The van der Waals surface area contributed by atoms with Crippen molar-refractivity contribution in [2.75, 3.05) is 6.61 Å². The molecule has 0 radical (unpaired) electrons. The topological polar surface area (TPSA) is 63.4 Å². The fraction of sp³-hybridized carbons (Fsp3) is 0.111. The van der Waals surface area contributed by atoms with Crippen LogP contribution in [-0.4, -0.2) is 16.6 Å². The molecule has 0 heterocycles. The maximum atomic E-state index is 10.6. The summed E-state index contributed by atoms with van der Waals surface area (Å²) >= 11 is 5.68. The minimum Gasteiger partial charge on any atom is -0.392 e. The van der Waals surface area contributed by atoms with Crippen molar-refractivity contribution in [3.05, 3.63) is 45.0 Å². The van der Waals surface area contributed by atoms with Gasteiger partial charge in [0, 0.05) is 11.1 Å². The Morgan fingerprint density at radius 3 is 2.86 bits per heavy atom. The Hall–Kier alpha value is -1.39. The summed E-state index contributed by atoms with van der Waals surface area (Å²) in [5.41, 5.74) is 0.357. The molecule has 0 fully saturated rings. The molecular weight excluding hydrogens is 206 g/mol. The molecular formula is C9H8ClNO3. The minimum absolute atomic E-state index is 0.0286. The molecule has 14 heavy (non-hydrogen) atoms. The maximum Gasteiger partial charge on any atom is 0.276 e. The van der Waals surface area contributed by atoms with E-state index in [0.29, 0.717) is 10.6 Å². The number of halogens is 1. The van der Waals surface area contributed by atoms with Crippen LogP contribution in [0.15, 0.2) is 24.3 Å². The van der Waals surface area contributed by atoms with Crippen molar-refractivity contribution in [3.8, 4) is 0 Å². The van der Waals surface area contributed by atoms with Crippen molar-refractivity contribution in [1.82, 2.24) is 0 Å². The first-order valence-corrected chi connectivity index (χ1v) is 4.24. The summed E-state index contributed by atoms with van der Waals surface area (Å²) in [4.78, 5) is 10.1. The van der Waals surface area contributed by atoms with Gasteiger partial charge in [-0.1, -0.05) is 17.7 Å². The van der Waals surface area contributed by atoms with E-state index in [1.54, 1.807) is 0 Å². The summed E-state index contributed by atoms with van der Waals surface area (Å²) in [6, 6.07) is 4.27. The molecule has 0 aromatic heterocycles. The van der Waals surface area contributed by atoms with Gasteiger partial charge in [0.25, 0.3) is 5.69 Å². The Bertz CT molecular complexity index is 376. The highest BCUT2D eigenvalue weighted by atomic mass is 35.5. The van der Waals surface area contributed by atoms with E-state index in [1.165, 1.54) is 30.4 Å². The number of aliphatic hydroxyl groups excluding tert-OH is 1. The third-order valence-electron chi connectivity index (χ3n) is 1.59. The van der Waals surface area contributed by atoms with Crippen molar-refractivity contribution in [3.63, 3.8) is 0 Å². The lowest BCUT2D eigenvalue weighted by molar-refractivity contribution is -0.385. The number of rotatable bonds is 3. The Labute approximate surface area is 85.6 Å². The molecule has 0 bridgehead atoms. The van der Waals surface area contributed by atoms with E-state index in [0.717, 1.165) is 0 Å². The third-order valence-corrected chi connectivity index (χ3v) is 1.82. The van der Waals surface area contributed by atoms with Crippen molar-refractivity contribution in [1.29, 1.82) is 0 Å². The van der Waals surface area contributed by atoms with Gasteiger partial charge in [0.05, 0.1) is 17.1 Å². The highest BCUT2D eigenvalue weighted by Crippen LogP contribution is 2.23. The number of hydrogen-bond acceptors (Lipinski definition) is 3. The van der Waals surface area contributed by atoms with E-state index in [2.05, 4.69) is 0 Å². The fourth-order valence-corrected chi connectivity index (χ4v) is 1.19. The highest BCUT2D eigenvalue weighted by Gasteiger charge is 2.10. The number of nitro groups is 1. The molecule has 0 atom stereocenters. The minimum atomic E-state index is -0.493. The standard InChI is InChI=1S/C9H8ClNO3/c10-8-3-4-9(11(13)14)7(6-8)2-1-5-12/h1-4,6,12H,5H2/b2-1+.